The van der Waals surface area contributed by atoms with E-state index in [0.717, 1.165) is 16.5 Å². The number of piperazine rings is 1. The minimum atomic E-state index is -0.566. The molecule has 1 fully saturated rings. The number of nitrogen functional groups attached to an aromatic ring is 1. The molecule has 0 spiro atoms. The van der Waals surface area contributed by atoms with Gasteiger partial charge in [0.15, 0.2) is 0 Å². The van der Waals surface area contributed by atoms with Crippen molar-refractivity contribution in [2.24, 2.45) is 5.92 Å². The maximum Gasteiger partial charge on any atom is 0.251 e. The first kappa shape index (κ1) is 23.6. The zero-order valence-electron chi connectivity index (χ0n) is 20.0. The Hall–Kier alpha value is -3.52. The molecule has 0 saturated carbocycles. The molecule has 0 bridgehead atoms. The minimum absolute atomic E-state index is 0.0201. The Morgan fingerprint density at radius 1 is 1.03 bits per heavy atom. The Bertz CT molecular complexity index is 1190. The Balaban J connectivity index is 1.36. The molecular formula is C26H32N6O2. The molecule has 2 amide bonds. The predicted octanol–water partition coefficient (Wildman–Crippen LogP) is 2.62. The number of aromatic nitrogens is 2. The number of anilines is 1. The summed E-state index contributed by atoms with van der Waals surface area (Å²) in [6, 6.07) is 14.5. The van der Waals surface area contributed by atoms with Crippen LogP contribution in [0.1, 0.15) is 35.6 Å². The van der Waals surface area contributed by atoms with Crippen molar-refractivity contribution in [1.82, 2.24) is 25.1 Å². The molecule has 1 aliphatic rings. The fourth-order valence-corrected chi connectivity index (χ4v) is 4.27. The lowest BCUT2D eigenvalue weighted by Crippen LogP contribution is -2.56. The average molecular weight is 461 g/mol. The van der Waals surface area contributed by atoms with E-state index >= 15 is 0 Å². The van der Waals surface area contributed by atoms with Crippen LogP contribution in [-0.2, 0) is 11.3 Å². The fourth-order valence-electron chi connectivity index (χ4n) is 4.27. The van der Waals surface area contributed by atoms with Crippen LogP contribution in [0, 0.1) is 12.8 Å². The van der Waals surface area contributed by atoms with E-state index < -0.39 is 6.04 Å². The molecule has 4 rings (SSSR count). The number of hydrogen-bond acceptors (Lipinski definition) is 6. The monoisotopic (exact) mass is 460 g/mol. The number of aryl methyl sites for hydroxylation is 1. The Morgan fingerprint density at radius 3 is 2.47 bits per heavy atom. The van der Waals surface area contributed by atoms with Crippen LogP contribution in [0.25, 0.3) is 10.9 Å². The number of amides is 2. The smallest absolute Gasteiger partial charge is 0.251 e. The third kappa shape index (κ3) is 5.34. The van der Waals surface area contributed by atoms with Gasteiger partial charge in [0.25, 0.3) is 5.91 Å². The molecule has 178 valence electrons. The first-order valence-electron chi connectivity index (χ1n) is 11.7. The van der Waals surface area contributed by atoms with Gasteiger partial charge in [0.2, 0.25) is 5.91 Å². The lowest BCUT2D eigenvalue weighted by Gasteiger charge is -2.37. The van der Waals surface area contributed by atoms with Gasteiger partial charge in [0.05, 0.1) is 12.1 Å². The third-order valence-electron chi connectivity index (χ3n) is 6.23. The number of carbonyl (C=O) groups is 2. The van der Waals surface area contributed by atoms with E-state index in [1.807, 2.05) is 68.1 Å². The van der Waals surface area contributed by atoms with E-state index in [1.54, 1.807) is 6.07 Å². The van der Waals surface area contributed by atoms with Crippen molar-refractivity contribution in [2.45, 2.75) is 33.4 Å². The summed E-state index contributed by atoms with van der Waals surface area (Å²) in [5.41, 5.74) is 8.53. The largest absolute Gasteiger partial charge is 0.383 e. The Labute approximate surface area is 200 Å². The summed E-state index contributed by atoms with van der Waals surface area (Å²) in [5.74, 6) is 0.885. The zero-order valence-corrected chi connectivity index (χ0v) is 20.0. The summed E-state index contributed by atoms with van der Waals surface area (Å²) >= 11 is 0. The van der Waals surface area contributed by atoms with Crippen molar-refractivity contribution in [3.05, 3.63) is 65.5 Å². The van der Waals surface area contributed by atoms with Crippen LogP contribution in [0.5, 0.6) is 0 Å². The second kappa shape index (κ2) is 10.2. The van der Waals surface area contributed by atoms with Gasteiger partial charge < -0.3 is 16.0 Å². The van der Waals surface area contributed by atoms with Gasteiger partial charge >= 0.3 is 0 Å². The van der Waals surface area contributed by atoms with Gasteiger partial charge in [0.1, 0.15) is 17.7 Å². The van der Waals surface area contributed by atoms with Gasteiger partial charge in [-0.15, -0.1) is 0 Å². The maximum absolute atomic E-state index is 13.3. The van der Waals surface area contributed by atoms with Crippen molar-refractivity contribution in [1.29, 1.82) is 0 Å². The number of nitrogens with zero attached hydrogens (tertiary/aromatic N) is 4. The van der Waals surface area contributed by atoms with Crippen LogP contribution in [-0.4, -0.2) is 63.8 Å². The lowest BCUT2D eigenvalue weighted by molar-refractivity contribution is -0.136. The van der Waals surface area contributed by atoms with Crippen molar-refractivity contribution in [3.63, 3.8) is 0 Å². The summed E-state index contributed by atoms with van der Waals surface area (Å²) in [4.78, 5) is 39.2. The van der Waals surface area contributed by atoms with Crippen LogP contribution in [0.15, 0.2) is 48.5 Å². The highest BCUT2D eigenvalue weighted by Gasteiger charge is 2.31. The standard InChI is InChI=1S/C26H32N6O2/c1-17(2)23(30-25(33)19-8-6-7-18(3)15-19)26(34)32-13-11-31(12-14-32)16-22-28-21-10-5-4-9-20(21)24(27)29-22/h4-10,15,17,23H,11-14,16H2,1-3H3,(H,30,33)(H2,27,28,29)/t23-/m1/s1. The first-order valence-corrected chi connectivity index (χ1v) is 11.7. The summed E-state index contributed by atoms with van der Waals surface area (Å²) in [5, 5.41) is 3.81. The first-order chi connectivity index (χ1) is 16.3. The Kier molecular flexibility index (Phi) is 7.07. The highest BCUT2D eigenvalue weighted by Crippen LogP contribution is 2.18. The van der Waals surface area contributed by atoms with Crippen molar-refractivity contribution < 1.29 is 9.59 Å². The highest BCUT2D eigenvalue weighted by atomic mass is 16.2. The summed E-state index contributed by atoms with van der Waals surface area (Å²) in [7, 11) is 0. The molecule has 0 aliphatic carbocycles. The molecule has 1 aliphatic heterocycles. The molecule has 3 aromatic rings. The zero-order chi connectivity index (χ0) is 24.2. The molecule has 34 heavy (non-hydrogen) atoms. The second-order valence-corrected chi connectivity index (χ2v) is 9.21. The van der Waals surface area contributed by atoms with Crippen LogP contribution in [0.3, 0.4) is 0 Å². The highest BCUT2D eigenvalue weighted by molar-refractivity contribution is 5.97. The number of fused-ring (bicyclic) bond motifs is 1. The third-order valence-corrected chi connectivity index (χ3v) is 6.23. The molecule has 1 atom stereocenters. The number of carbonyl (C=O) groups excluding carboxylic acids is 2. The number of rotatable bonds is 6. The van der Waals surface area contributed by atoms with E-state index in [4.69, 9.17) is 5.73 Å². The maximum atomic E-state index is 13.3. The van der Waals surface area contributed by atoms with E-state index in [2.05, 4.69) is 20.2 Å². The summed E-state index contributed by atoms with van der Waals surface area (Å²) in [6.07, 6.45) is 0. The molecule has 8 nitrogen and oxygen atoms in total. The quantitative estimate of drug-likeness (QED) is 0.586. The number of nitrogens with one attached hydrogen (secondary N) is 1. The van der Waals surface area contributed by atoms with Crippen molar-refractivity contribution in [2.75, 3.05) is 31.9 Å². The van der Waals surface area contributed by atoms with E-state index in [1.165, 1.54) is 0 Å². The van der Waals surface area contributed by atoms with E-state index in [-0.39, 0.29) is 17.7 Å². The number of para-hydroxylation sites is 1. The van der Waals surface area contributed by atoms with Gasteiger partial charge in [-0.05, 0) is 37.1 Å². The molecule has 8 heteroatoms. The van der Waals surface area contributed by atoms with Crippen LogP contribution >= 0.6 is 0 Å². The number of nitrogens with two attached hydrogens (primary N) is 1. The van der Waals surface area contributed by atoms with Gasteiger partial charge in [-0.2, -0.15) is 0 Å². The molecule has 0 radical (unpaired) electrons. The van der Waals surface area contributed by atoms with Crippen molar-refractivity contribution >= 4 is 28.5 Å². The second-order valence-electron chi connectivity index (χ2n) is 9.21. The average Bonchev–Trinajstić information content (AvgIpc) is 2.82. The molecule has 2 aromatic carbocycles. The Morgan fingerprint density at radius 2 is 1.76 bits per heavy atom. The molecule has 2 heterocycles. The lowest BCUT2D eigenvalue weighted by atomic mass is 10.0. The van der Waals surface area contributed by atoms with Crippen molar-refractivity contribution in [3.8, 4) is 0 Å². The minimum Gasteiger partial charge on any atom is -0.383 e. The molecule has 1 aromatic heterocycles. The number of hydrogen-bond donors (Lipinski definition) is 2. The molecule has 0 unspecified atom stereocenters. The summed E-state index contributed by atoms with van der Waals surface area (Å²) in [6.45, 7) is 9.02. The topological polar surface area (TPSA) is 104 Å². The molecule has 1 saturated heterocycles. The van der Waals surface area contributed by atoms with Crippen LogP contribution < -0.4 is 11.1 Å². The van der Waals surface area contributed by atoms with Gasteiger partial charge in [0, 0.05) is 37.1 Å². The molecular weight excluding hydrogens is 428 g/mol. The SMILES string of the molecule is Cc1cccc(C(=O)N[C@@H](C(=O)N2CCN(Cc3nc(N)c4ccccc4n3)CC2)C(C)C)c1. The van der Waals surface area contributed by atoms with Gasteiger partial charge in [-0.25, -0.2) is 9.97 Å². The summed E-state index contributed by atoms with van der Waals surface area (Å²) < 4.78 is 0. The molecule has 3 N–H and O–H groups in total. The van der Waals surface area contributed by atoms with Crippen LogP contribution in [0.4, 0.5) is 5.82 Å². The predicted molar refractivity (Wildman–Crippen MR) is 133 cm³/mol. The van der Waals surface area contributed by atoms with E-state index in [0.29, 0.717) is 49.9 Å². The van der Waals surface area contributed by atoms with Gasteiger partial charge in [-0.3, -0.25) is 14.5 Å². The normalized spacial score (nSPS) is 15.5. The van der Waals surface area contributed by atoms with E-state index in [9.17, 15) is 9.59 Å². The number of benzene rings is 2. The van der Waals surface area contributed by atoms with Crippen LogP contribution in [0.2, 0.25) is 0 Å². The fraction of sp³-hybridized carbons (Fsp3) is 0.385. The van der Waals surface area contributed by atoms with Gasteiger partial charge in [-0.1, -0.05) is 43.7 Å².